The van der Waals surface area contributed by atoms with Gasteiger partial charge >= 0.3 is 0 Å². The number of para-hydroxylation sites is 1. The molecule has 7 rings (SSSR count). The van der Waals surface area contributed by atoms with Crippen LogP contribution in [0.2, 0.25) is 0 Å². The van der Waals surface area contributed by atoms with Crippen molar-refractivity contribution in [2.75, 3.05) is 6.61 Å². The minimum atomic E-state index is 0.531. The largest absolute Gasteiger partial charge is 0.493 e. The molecule has 2 radical (unpaired) electrons. The van der Waals surface area contributed by atoms with Gasteiger partial charge in [0.2, 0.25) is 0 Å². The van der Waals surface area contributed by atoms with Crippen molar-refractivity contribution in [3.63, 3.8) is 0 Å². The first-order chi connectivity index (χ1) is 25.6. The van der Waals surface area contributed by atoms with Gasteiger partial charge in [0, 0.05) is 20.9 Å². The molecule has 1 heterocycles. The minimum absolute atomic E-state index is 0.531. The Bertz CT molecular complexity index is 2280. The van der Waals surface area contributed by atoms with Gasteiger partial charge in [-0.3, -0.25) is 4.57 Å². The van der Waals surface area contributed by atoms with Crippen LogP contribution < -0.4 is 10.2 Å². The van der Waals surface area contributed by atoms with Crippen LogP contribution in [-0.2, 0) is 0 Å². The summed E-state index contributed by atoms with van der Waals surface area (Å²) < 4.78 is 10.4. The first kappa shape index (κ1) is 36.3. The highest BCUT2D eigenvalue weighted by molar-refractivity contribution is 9.10. The van der Waals surface area contributed by atoms with Crippen LogP contribution in [0.25, 0.3) is 60.4 Å². The van der Waals surface area contributed by atoms with Crippen LogP contribution in [-0.4, -0.2) is 24.0 Å². The van der Waals surface area contributed by atoms with Crippen molar-refractivity contribution in [2.45, 2.75) is 90.9 Å². The lowest BCUT2D eigenvalue weighted by Crippen LogP contribution is -2.13. The van der Waals surface area contributed by atoms with Gasteiger partial charge in [0.15, 0.2) is 0 Å². The first-order valence-corrected chi connectivity index (χ1v) is 20.4. The summed E-state index contributed by atoms with van der Waals surface area (Å²) in [6.45, 7) is 5.30. The fourth-order valence-corrected chi connectivity index (χ4v) is 8.35. The van der Waals surface area contributed by atoms with Crippen LogP contribution in [0, 0.1) is 5.92 Å². The molecule has 0 amide bonds. The van der Waals surface area contributed by atoms with E-state index in [-0.39, 0.29) is 0 Å². The van der Waals surface area contributed by atoms with Gasteiger partial charge in [-0.2, -0.15) is 0 Å². The maximum absolute atomic E-state index is 7.03. The highest BCUT2D eigenvalue weighted by Crippen LogP contribution is 2.44. The number of unbranched alkanes of at least 4 members (excludes halogenated alkanes) is 8. The fourth-order valence-electron chi connectivity index (χ4n) is 7.99. The predicted octanol–water partition coefficient (Wildman–Crippen LogP) is 13.4. The Morgan fingerprint density at radius 1 is 0.654 bits per heavy atom. The second kappa shape index (κ2) is 17.2. The van der Waals surface area contributed by atoms with Crippen molar-refractivity contribution >= 4 is 72.6 Å². The number of halogens is 1. The van der Waals surface area contributed by atoms with E-state index >= 15 is 0 Å². The SMILES string of the molecule is [B]c1ccc2c3ccc(Br)cc3c3c(nc(-c4c(OCC(CCCCCC)CCCCCCCC)ccc5ccccc45)n3-c3ccccc3)c2c1. The molecule has 0 saturated carbocycles. The van der Waals surface area contributed by atoms with Crippen LogP contribution in [0.1, 0.15) is 90.9 Å². The maximum atomic E-state index is 7.03. The molecular weight excluding hydrogens is 699 g/mol. The van der Waals surface area contributed by atoms with Crippen LogP contribution in [0.15, 0.2) is 108 Å². The summed E-state index contributed by atoms with van der Waals surface area (Å²) in [7, 11) is 6.47. The molecule has 0 fully saturated rings. The monoisotopic (exact) mass is 748 g/mol. The Hall–Kier alpha value is -4.09. The van der Waals surface area contributed by atoms with Crippen LogP contribution in [0.4, 0.5) is 0 Å². The zero-order chi connectivity index (χ0) is 35.9. The number of hydrogen-bond acceptors (Lipinski definition) is 2. The summed E-state index contributed by atoms with van der Waals surface area (Å²) in [5.74, 6) is 2.30. The number of fused-ring (bicyclic) bond motifs is 7. The van der Waals surface area contributed by atoms with Gasteiger partial charge in [-0.25, -0.2) is 4.98 Å². The molecule has 1 atom stereocenters. The van der Waals surface area contributed by atoms with E-state index in [9.17, 15) is 0 Å². The van der Waals surface area contributed by atoms with Crippen LogP contribution in [0.5, 0.6) is 5.75 Å². The van der Waals surface area contributed by atoms with Crippen molar-refractivity contribution in [3.05, 3.63) is 108 Å². The third kappa shape index (κ3) is 7.81. The van der Waals surface area contributed by atoms with Gasteiger partial charge in [-0.1, -0.05) is 172 Å². The quantitative estimate of drug-likeness (QED) is 0.0527. The van der Waals surface area contributed by atoms with Gasteiger partial charge in [-0.05, 0) is 70.6 Å². The van der Waals surface area contributed by atoms with Crippen LogP contribution >= 0.6 is 15.9 Å². The lowest BCUT2D eigenvalue weighted by atomic mass is 9.91. The molecule has 0 aliphatic heterocycles. The summed E-state index contributed by atoms with van der Waals surface area (Å²) in [4.78, 5) is 5.61. The van der Waals surface area contributed by atoms with Crippen molar-refractivity contribution in [2.24, 2.45) is 5.92 Å². The number of hydrogen-bond donors (Lipinski definition) is 0. The second-order valence-electron chi connectivity index (χ2n) is 14.5. The number of imidazole rings is 1. The molecule has 5 heteroatoms. The average molecular weight is 750 g/mol. The van der Waals surface area contributed by atoms with Gasteiger partial charge in [-0.15, -0.1) is 0 Å². The van der Waals surface area contributed by atoms with Crippen LogP contribution in [0.3, 0.4) is 0 Å². The third-order valence-corrected chi connectivity index (χ3v) is 11.2. The first-order valence-electron chi connectivity index (χ1n) is 19.6. The van der Waals surface area contributed by atoms with E-state index in [0.717, 1.165) is 65.3 Å². The van der Waals surface area contributed by atoms with E-state index in [1.165, 1.54) is 87.8 Å². The zero-order valence-corrected chi connectivity index (χ0v) is 32.4. The van der Waals surface area contributed by atoms with E-state index < -0.39 is 0 Å². The molecule has 0 bridgehead atoms. The van der Waals surface area contributed by atoms with Crippen molar-refractivity contribution in [3.8, 4) is 22.8 Å². The Labute approximate surface area is 319 Å². The third-order valence-electron chi connectivity index (χ3n) is 10.7. The molecule has 52 heavy (non-hydrogen) atoms. The molecule has 0 aliphatic rings. The normalized spacial score (nSPS) is 12.4. The number of rotatable bonds is 17. The van der Waals surface area contributed by atoms with Gasteiger partial charge < -0.3 is 4.74 Å². The Morgan fingerprint density at radius 3 is 2.12 bits per heavy atom. The molecule has 1 unspecified atom stereocenters. The minimum Gasteiger partial charge on any atom is -0.493 e. The Kier molecular flexibility index (Phi) is 12.0. The predicted molar refractivity (Wildman–Crippen MR) is 228 cm³/mol. The Balaban J connectivity index is 1.39. The maximum Gasteiger partial charge on any atom is 0.150 e. The summed E-state index contributed by atoms with van der Waals surface area (Å²) in [6.07, 6.45) is 15.5. The number of aromatic nitrogens is 2. The Morgan fingerprint density at radius 2 is 1.33 bits per heavy atom. The van der Waals surface area contributed by atoms with E-state index in [1.807, 2.05) is 6.07 Å². The second-order valence-corrected chi connectivity index (χ2v) is 15.5. The summed E-state index contributed by atoms with van der Waals surface area (Å²) in [5, 5.41) is 6.80. The molecule has 3 nitrogen and oxygen atoms in total. The molecule has 0 aliphatic carbocycles. The molecule has 264 valence electrons. The molecule has 0 spiro atoms. The van der Waals surface area contributed by atoms with E-state index in [4.69, 9.17) is 17.6 Å². The molecular formula is C47H50BBrN2O. The van der Waals surface area contributed by atoms with E-state index in [1.54, 1.807) is 0 Å². The molecule has 7 aromatic rings. The number of nitrogens with zero attached hydrogens (tertiary/aromatic N) is 2. The lowest BCUT2D eigenvalue weighted by Gasteiger charge is -2.21. The number of benzene rings is 6. The van der Waals surface area contributed by atoms with Crippen molar-refractivity contribution in [1.82, 2.24) is 9.55 Å². The summed E-state index contributed by atoms with van der Waals surface area (Å²) >= 11 is 3.79. The highest BCUT2D eigenvalue weighted by Gasteiger charge is 2.24. The smallest absolute Gasteiger partial charge is 0.150 e. The van der Waals surface area contributed by atoms with E-state index in [0.29, 0.717) is 12.5 Å². The highest BCUT2D eigenvalue weighted by atomic mass is 79.9. The standard InChI is InChI=1S/C47H50BBrN2O/c1-3-5-7-9-10-13-19-33(18-12-8-6-4-2)32-52-43-29-24-34-20-16-17-23-38(34)44(43)47-50-45-41-30-35(48)25-27-39(41)40-28-26-36(49)31-42(40)46(45)51(47)37-21-14-11-15-22-37/h11,14-17,20-31,33H,3-10,12-13,18-19,32H2,1-2H3. The molecule has 1 aromatic heterocycles. The number of ether oxygens (including phenoxy) is 1. The van der Waals surface area contributed by atoms with Gasteiger partial charge in [0.25, 0.3) is 0 Å². The summed E-state index contributed by atoms with van der Waals surface area (Å²) in [5.41, 5.74) is 4.81. The van der Waals surface area contributed by atoms with E-state index in [2.05, 4.69) is 131 Å². The molecule has 0 N–H and O–H groups in total. The summed E-state index contributed by atoms with van der Waals surface area (Å²) in [6, 6.07) is 36.4. The molecule has 0 saturated heterocycles. The van der Waals surface area contributed by atoms with Crippen molar-refractivity contribution in [1.29, 1.82) is 0 Å². The topological polar surface area (TPSA) is 27.1 Å². The van der Waals surface area contributed by atoms with Gasteiger partial charge in [0.1, 0.15) is 19.4 Å². The zero-order valence-electron chi connectivity index (χ0n) is 30.8. The van der Waals surface area contributed by atoms with Crippen molar-refractivity contribution < 1.29 is 4.74 Å². The average Bonchev–Trinajstić information content (AvgIpc) is 3.57. The molecule has 6 aromatic carbocycles. The lowest BCUT2D eigenvalue weighted by molar-refractivity contribution is 0.225. The fraction of sp³-hybridized carbons (Fsp3) is 0.340. The van der Waals surface area contributed by atoms with Gasteiger partial charge in [0.05, 0.1) is 23.2 Å².